The minimum Gasteiger partial charge on any atom is -0.465 e. The fraction of sp³-hybridized carbons (Fsp3) is 0.188. The molecule has 18 heavy (non-hydrogen) atoms. The minimum atomic E-state index is 0.0505. The first-order valence-corrected chi connectivity index (χ1v) is 5.98. The number of rotatable bonds is 4. The number of carbonyl (C=O) groups is 1. The van der Waals surface area contributed by atoms with Crippen LogP contribution in [0.4, 0.5) is 0 Å². The molecule has 0 bridgehead atoms. The average molecular weight is 240 g/mol. The van der Waals surface area contributed by atoms with Crippen LogP contribution in [0.2, 0.25) is 0 Å². The largest absolute Gasteiger partial charge is 0.465 e. The molecule has 2 heteroatoms. The monoisotopic (exact) mass is 240 g/mol. The highest BCUT2D eigenvalue weighted by atomic mass is 16.3. The van der Waals surface area contributed by atoms with E-state index in [4.69, 9.17) is 4.42 Å². The number of furan rings is 1. The number of hydrogen-bond donors (Lipinski definition) is 0. The Balaban J connectivity index is 2.05. The molecule has 2 aromatic rings. The van der Waals surface area contributed by atoms with E-state index in [9.17, 15) is 4.79 Å². The summed E-state index contributed by atoms with van der Waals surface area (Å²) in [7, 11) is 0. The van der Waals surface area contributed by atoms with Crippen molar-refractivity contribution in [2.75, 3.05) is 0 Å². The number of aryl methyl sites for hydroxylation is 1. The summed E-state index contributed by atoms with van der Waals surface area (Å²) in [6.45, 7) is 3.38. The van der Waals surface area contributed by atoms with E-state index in [0.29, 0.717) is 17.7 Å². The summed E-state index contributed by atoms with van der Waals surface area (Å²) in [5.74, 6) is 1.57. The Hall–Kier alpha value is -2.09. The summed E-state index contributed by atoms with van der Waals surface area (Å²) in [5, 5.41) is 0. The summed E-state index contributed by atoms with van der Waals surface area (Å²) in [6, 6.07) is 11.9. The maximum absolute atomic E-state index is 11.3. The van der Waals surface area contributed by atoms with Crippen LogP contribution < -0.4 is 0 Å². The first-order chi connectivity index (χ1) is 8.66. The fourth-order valence-electron chi connectivity index (χ4n) is 1.87. The van der Waals surface area contributed by atoms with Crippen LogP contribution in [-0.2, 0) is 6.42 Å². The summed E-state index contributed by atoms with van der Waals surface area (Å²) in [6.07, 6.45) is 4.78. The zero-order chi connectivity index (χ0) is 13.0. The molecule has 1 heterocycles. The molecule has 0 saturated heterocycles. The third-order valence-corrected chi connectivity index (χ3v) is 2.78. The van der Waals surface area contributed by atoms with Gasteiger partial charge in [-0.05, 0) is 25.5 Å². The van der Waals surface area contributed by atoms with Gasteiger partial charge in [0.2, 0.25) is 0 Å². The van der Waals surface area contributed by atoms with Crippen LogP contribution in [0.25, 0.3) is 6.08 Å². The van der Waals surface area contributed by atoms with E-state index in [1.54, 1.807) is 6.92 Å². The van der Waals surface area contributed by atoms with Gasteiger partial charge in [-0.15, -0.1) is 0 Å². The second kappa shape index (κ2) is 5.50. The second-order valence-corrected chi connectivity index (χ2v) is 4.26. The maximum Gasteiger partial charge on any atom is 0.163 e. The standard InChI is InChI=1S/C16H16O2/c1-12(17)16-11-15(18-13(16)2)10-6-9-14-7-4-3-5-8-14/h3-9,11H,10H2,1-2H3/b9-6+. The van der Waals surface area contributed by atoms with Crippen molar-refractivity contribution in [3.63, 3.8) is 0 Å². The van der Waals surface area contributed by atoms with Gasteiger partial charge < -0.3 is 4.42 Å². The molecule has 0 saturated carbocycles. The molecular formula is C16H16O2. The Labute approximate surface area is 107 Å². The van der Waals surface area contributed by atoms with Crippen molar-refractivity contribution < 1.29 is 9.21 Å². The van der Waals surface area contributed by atoms with E-state index in [1.165, 1.54) is 0 Å². The summed E-state index contributed by atoms with van der Waals surface area (Å²) in [4.78, 5) is 11.3. The van der Waals surface area contributed by atoms with Gasteiger partial charge in [-0.2, -0.15) is 0 Å². The van der Waals surface area contributed by atoms with Crippen LogP contribution in [0.1, 0.15) is 34.4 Å². The van der Waals surface area contributed by atoms with Crippen LogP contribution in [-0.4, -0.2) is 5.78 Å². The fourth-order valence-corrected chi connectivity index (χ4v) is 1.87. The highest BCUT2D eigenvalue weighted by Crippen LogP contribution is 2.16. The summed E-state index contributed by atoms with van der Waals surface area (Å²) in [5.41, 5.74) is 1.84. The lowest BCUT2D eigenvalue weighted by molar-refractivity contribution is 0.101. The molecule has 0 fully saturated rings. The lowest BCUT2D eigenvalue weighted by Crippen LogP contribution is -1.90. The molecule has 0 aliphatic heterocycles. The molecule has 1 aromatic carbocycles. The molecule has 0 spiro atoms. The quantitative estimate of drug-likeness (QED) is 0.755. The first kappa shape index (κ1) is 12.4. The Bertz CT molecular complexity index is 562. The molecule has 2 nitrogen and oxygen atoms in total. The predicted octanol–water partition coefficient (Wildman–Crippen LogP) is 4.05. The van der Waals surface area contributed by atoms with Crippen molar-refractivity contribution in [2.24, 2.45) is 0 Å². The van der Waals surface area contributed by atoms with Gasteiger partial charge >= 0.3 is 0 Å². The Morgan fingerprint density at radius 2 is 2.00 bits per heavy atom. The molecule has 1 aromatic heterocycles. The van der Waals surface area contributed by atoms with Crippen LogP contribution >= 0.6 is 0 Å². The average Bonchev–Trinajstić information content (AvgIpc) is 2.72. The van der Waals surface area contributed by atoms with Crippen molar-refractivity contribution in [3.8, 4) is 0 Å². The van der Waals surface area contributed by atoms with Crippen LogP contribution in [0.15, 0.2) is 46.9 Å². The molecule has 0 atom stereocenters. The molecule has 0 amide bonds. The highest BCUT2D eigenvalue weighted by Gasteiger charge is 2.09. The van der Waals surface area contributed by atoms with Gasteiger partial charge in [0.25, 0.3) is 0 Å². The number of ketones is 1. The van der Waals surface area contributed by atoms with Gasteiger partial charge in [-0.25, -0.2) is 0 Å². The van der Waals surface area contributed by atoms with Crippen molar-refractivity contribution in [1.82, 2.24) is 0 Å². The molecule has 2 rings (SSSR count). The Morgan fingerprint density at radius 3 is 2.61 bits per heavy atom. The van der Waals surface area contributed by atoms with E-state index in [-0.39, 0.29) is 5.78 Å². The molecule has 0 radical (unpaired) electrons. The van der Waals surface area contributed by atoms with Crippen LogP contribution in [0.3, 0.4) is 0 Å². The Kier molecular flexibility index (Phi) is 3.78. The third-order valence-electron chi connectivity index (χ3n) is 2.78. The zero-order valence-corrected chi connectivity index (χ0v) is 10.6. The van der Waals surface area contributed by atoms with Gasteiger partial charge in [0, 0.05) is 6.42 Å². The minimum absolute atomic E-state index is 0.0505. The molecule has 0 unspecified atom stereocenters. The smallest absolute Gasteiger partial charge is 0.163 e. The van der Waals surface area contributed by atoms with E-state index >= 15 is 0 Å². The van der Waals surface area contributed by atoms with Gasteiger partial charge in [0.1, 0.15) is 11.5 Å². The zero-order valence-electron chi connectivity index (χ0n) is 10.6. The number of allylic oxidation sites excluding steroid dienone is 1. The molecule has 0 N–H and O–H groups in total. The van der Waals surface area contributed by atoms with Crippen molar-refractivity contribution in [1.29, 1.82) is 0 Å². The van der Waals surface area contributed by atoms with E-state index < -0.39 is 0 Å². The lowest BCUT2D eigenvalue weighted by atomic mass is 10.1. The van der Waals surface area contributed by atoms with Gasteiger partial charge in [-0.3, -0.25) is 4.79 Å². The normalized spacial score (nSPS) is 11.0. The van der Waals surface area contributed by atoms with Gasteiger partial charge in [0.05, 0.1) is 5.56 Å². The number of hydrogen-bond acceptors (Lipinski definition) is 2. The van der Waals surface area contributed by atoms with E-state index in [0.717, 1.165) is 11.3 Å². The number of benzene rings is 1. The second-order valence-electron chi connectivity index (χ2n) is 4.26. The van der Waals surface area contributed by atoms with Crippen molar-refractivity contribution in [3.05, 3.63) is 65.1 Å². The highest BCUT2D eigenvalue weighted by molar-refractivity contribution is 5.95. The summed E-state index contributed by atoms with van der Waals surface area (Å²) >= 11 is 0. The lowest BCUT2D eigenvalue weighted by Gasteiger charge is -1.91. The van der Waals surface area contributed by atoms with E-state index in [1.807, 2.05) is 55.5 Å². The maximum atomic E-state index is 11.3. The van der Waals surface area contributed by atoms with Crippen molar-refractivity contribution >= 4 is 11.9 Å². The molecule has 92 valence electrons. The van der Waals surface area contributed by atoms with E-state index in [2.05, 4.69) is 0 Å². The molecule has 0 aliphatic rings. The SMILES string of the molecule is CC(=O)c1cc(C/C=C/c2ccccc2)oc1C. The number of Topliss-reactive ketones (excluding diaryl/α,β-unsaturated/α-hetero) is 1. The summed E-state index contributed by atoms with van der Waals surface area (Å²) < 4.78 is 5.54. The number of carbonyl (C=O) groups excluding carboxylic acids is 1. The van der Waals surface area contributed by atoms with Crippen molar-refractivity contribution in [2.45, 2.75) is 20.3 Å². The Morgan fingerprint density at radius 1 is 1.28 bits per heavy atom. The van der Waals surface area contributed by atoms with Crippen LogP contribution in [0.5, 0.6) is 0 Å². The first-order valence-electron chi connectivity index (χ1n) is 5.98. The molecular weight excluding hydrogens is 224 g/mol. The molecule has 0 aliphatic carbocycles. The topological polar surface area (TPSA) is 30.2 Å². The van der Waals surface area contributed by atoms with Crippen LogP contribution in [0, 0.1) is 6.92 Å². The van der Waals surface area contributed by atoms with Gasteiger partial charge in [0.15, 0.2) is 5.78 Å². The van der Waals surface area contributed by atoms with Gasteiger partial charge in [-0.1, -0.05) is 42.5 Å². The predicted molar refractivity (Wildman–Crippen MR) is 72.6 cm³/mol. The third kappa shape index (κ3) is 2.98.